The van der Waals surface area contributed by atoms with E-state index in [4.69, 9.17) is 0 Å². The Morgan fingerprint density at radius 2 is 1.79 bits per heavy atom. The molecule has 0 bridgehead atoms. The van der Waals surface area contributed by atoms with Crippen LogP contribution in [-0.4, -0.2) is 17.9 Å². The second-order valence-electron chi connectivity index (χ2n) is 4.85. The van der Waals surface area contributed by atoms with Crippen LogP contribution in [0.5, 0.6) is 0 Å². The van der Waals surface area contributed by atoms with E-state index >= 15 is 0 Å². The monoisotopic (exact) mass is 262 g/mol. The lowest BCUT2D eigenvalue weighted by Gasteiger charge is -2.20. The van der Waals surface area contributed by atoms with E-state index in [2.05, 4.69) is 10.6 Å². The lowest BCUT2D eigenvalue weighted by atomic mass is 9.98. The molecule has 2 N–H and O–H groups in total. The Hall–Kier alpha value is -1.84. The van der Waals surface area contributed by atoms with Crippen LogP contribution in [0.25, 0.3) is 0 Å². The number of nitrogens with one attached hydrogen (secondary N) is 2. The molecule has 0 spiro atoms. The predicted molar refractivity (Wildman–Crippen MR) is 75.7 cm³/mol. The first kappa shape index (κ1) is 15.2. The first-order valence-corrected chi connectivity index (χ1v) is 6.65. The summed E-state index contributed by atoms with van der Waals surface area (Å²) in [4.78, 5) is 23.5. The molecule has 104 valence electrons. The van der Waals surface area contributed by atoms with Crippen LogP contribution in [0.1, 0.15) is 32.8 Å². The van der Waals surface area contributed by atoms with Crippen molar-refractivity contribution in [3.63, 3.8) is 0 Å². The summed E-state index contributed by atoms with van der Waals surface area (Å²) in [6, 6.07) is 8.94. The zero-order valence-corrected chi connectivity index (χ0v) is 11.8. The maximum absolute atomic E-state index is 11.8. The fraction of sp³-hybridized carbons (Fsp3) is 0.467. The molecular weight excluding hydrogens is 240 g/mol. The number of urea groups is 1. The largest absolute Gasteiger partial charge is 0.334 e. The fourth-order valence-electron chi connectivity index (χ4n) is 1.81. The van der Waals surface area contributed by atoms with Crippen LogP contribution in [0.2, 0.25) is 0 Å². The van der Waals surface area contributed by atoms with Gasteiger partial charge in [0.2, 0.25) is 0 Å². The maximum atomic E-state index is 11.8. The van der Waals surface area contributed by atoms with Gasteiger partial charge in [0.25, 0.3) is 0 Å². The van der Waals surface area contributed by atoms with Crippen LogP contribution < -0.4 is 10.6 Å². The Labute approximate surface area is 114 Å². The summed E-state index contributed by atoms with van der Waals surface area (Å²) >= 11 is 0. The minimum absolute atomic E-state index is 0.0601. The van der Waals surface area contributed by atoms with Gasteiger partial charge in [0.05, 0.1) is 6.04 Å². The van der Waals surface area contributed by atoms with Crippen molar-refractivity contribution in [2.75, 3.05) is 0 Å². The highest BCUT2D eigenvalue weighted by Crippen LogP contribution is 2.05. The number of carbonyl (C=O) groups excluding carboxylic acids is 2. The molecule has 0 aliphatic heterocycles. The van der Waals surface area contributed by atoms with Crippen molar-refractivity contribution in [2.24, 2.45) is 5.92 Å². The number of rotatable bonds is 6. The van der Waals surface area contributed by atoms with E-state index in [9.17, 15) is 9.59 Å². The van der Waals surface area contributed by atoms with Gasteiger partial charge in [0.1, 0.15) is 0 Å². The molecule has 1 aromatic rings. The summed E-state index contributed by atoms with van der Waals surface area (Å²) in [6.45, 7) is 6.12. The zero-order valence-electron chi connectivity index (χ0n) is 11.8. The molecule has 0 aliphatic carbocycles. The normalized spacial score (nSPS) is 12.0. The van der Waals surface area contributed by atoms with Gasteiger partial charge in [-0.15, -0.1) is 0 Å². The third-order valence-electron chi connectivity index (χ3n) is 2.94. The van der Waals surface area contributed by atoms with Crippen molar-refractivity contribution >= 4 is 11.8 Å². The van der Waals surface area contributed by atoms with Crippen LogP contribution in [0.4, 0.5) is 4.79 Å². The number of hydrogen-bond acceptors (Lipinski definition) is 2. The molecule has 0 saturated carbocycles. The van der Waals surface area contributed by atoms with Crippen molar-refractivity contribution in [3.8, 4) is 0 Å². The van der Waals surface area contributed by atoms with Gasteiger partial charge in [-0.1, -0.05) is 51.1 Å². The number of Topliss-reactive ketones (excluding diaryl/α,β-unsaturated/α-hetero) is 1. The van der Waals surface area contributed by atoms with Gasteiger partial charge in [0, 0.05) is 13.0 Å². The average molecular weight is 262 g/mol. The van der Waals surface area contributed by atoms with Gasteiger partial charge < -0.3 is 10.6 Å². The van der Waals surface area contributed by atoms with E-state index in [1.165, 1.54) is 0 Å². The summed E-state index contributed by atoms with van der Waals surface area (Å²) in [7, 11) is 0. The van der Waals surface area contributed by atoms with E-state index in [1.54, 1.807) is 6.92 Å². The first-order chi connectivity index (χ1) is 9.04. The van der Waals surface area contributed by atoms with E-state index < -0.39 is 6.04 Å². The quantitative estimate of drug-likeness (QED) is 0.827. The second-order valence-corrected chi connectivity index (χ2v) is 4.85. The highest BCUT2D eigenvalue weighted by atomic mass is 16.2. The molecular formula is C15H22N2O2. The summed E-state index contributed by atoms with van der Waals surface area (Å²) in [6.07, 6.45) is 0.432. The van der Waals surface area contributed by atoms with E-state index in [0.717, 1.165) is 5.56 Å². The van der Waals surface area contributed by atoms with Gasteiger partial charge >= 0.3 is 6.03 Å². The third-order valence-corrected chi connectivity index (χ3v) is 2.94. The molecule has 0 saturated heterocycles. The Kier molecular flexibility index (Phi) is 6.06. The SMILES string of the molecule is CCC(=O)C(NC(=O)NCc1ccccc1)C(C)C. The topological polar surface area (TPSA) is 58.2 Å². The van der Waals surface area contributed by atoms with E-state index in [1.807, 2.05) is 44.2 Å². The van der Waals surface area contributed by atoms with Crippen molar-refractivity contribution in [2.45, 2.75) is 39.8 Å². The number of hydrogen-bond donors (Lipinski definition) is 2. The molecule has 0 radical (unpaired) electrons. The van der Waals surface area contributed by atoms with Crippen molar-refractivity contribution in [1.82, 2.24) is 10.6 Å². The zero-order chi connectivity index (χ0) is 14.3. The molecule has 4 nitrogen and oxygen atoms in total. The average Bonchev–Trinajstić information content (AvgIpc) is 2.42. The maximum Gasteiger partial charge on any atom is 0.315 e. The molecule has 1 aromatic carbocycles. The van der Waals surface area contributed by atoms with Gasteiger partial charge in [0.15, 0.2) is 5.78 Å². The van der Waals surface area contributed by atoms with Gasteiger partial charge in [-0.05, 0) is 11.5 Å². The third kappa shape index (κ3) is 5.12. The fourth-order valence-corrected chi connectivity index (χ4v) is 1.81. The van der Waals surface area contributed by atoms with Crippen LogP contribution in [0, 0.1) is 5.92 Å². The molecule has 2 amide bonds. The number of benzene rings is 1. The molecule has 1 unspecified atom stereocenters. The minimum atomic E-state index is -0.416. The Bertz CT molecular complexity index is 415. The molecule has 4 heteroatoms. The number of ketones is 1. The molecule has 0 heterocycles. The summed E-state index contributed by atoms with van der Waals surface area (Å²) < 4.78 is 0. The molecule has 19 heavy (non-hydrogen) atoms. The standard InChI is InChI=1S/C15H22N2O2/c1-4-13(18)14(11(2)3)17-15(19)16-10-12-8-6-5-7-9-12/h5-9,11,14H,4,10H2,1-3H3,(H2,16,17,19). The van der Waals surface area contributed by atoms with Crippen molar-refractivity contribution in [1.29, 1.82) is 0 Å². The molecule has 1 rings (SSSR count). The highest BCUT2D eigenvalue weighted by Gasteiger charge is 2.22. The highest BCUT2D eigenvalue weighted by molar-refractivity contribution is 5.88. The summed E-state index contributed by atoms with van der Waals surface area (Å²) in [5, 5.41) is 5.50. The Morgan fingerprint density at radius 3 is 2.32 bits per heavy atom. The molecule has 0 fully saturated rings. The van der Waals surface area contributed by atoms with E-state index in [-0.39, 0.29) is 17.7 Å². The molecule has 1 atom stereocenters. The Balaban J connectivity index is 2.47. The van der Waals surface area contributed by atoms with Crippen LogP contribution >= 0.6 is 0 Å². The Morgan fingerprint density at radius 1 is 1.16 bits per heavy atom. The van der Waals surface area contributed by atoms with Crippen LogP contribution in [0.3, 0.4) is 0 Å². The van der Waals surface area contributed by atoms with Crippen molar-refractivity contribution < 1.29 is 9.59 Å². The van der Waals surface area contributed by atoms with Gasteiger partial charge in [-0.25, -0.2) is 4.79 Å². The number of amides is 2. The van der Waals surface area contributed by atoms with Gasteiger partial charge in [-0.2, -0.15) is 0 Å². The van der Waals surface area contributed by atoms with Crippen LogP contribution in [0.15, 0.2) is 30.3 Å². The second kappa shape index (κ2) is 7.56. The van der Waals surface area contributed by atoms with Crippen LogP contribution in [-0.2, 0) is 11.3 Å². The molecule has 0 aromatic heterocycles. The van der Waals surface area contributed by atoms with Gasteiger partial charge in [-0.3, -0.25) is 4.79 Å². The lowest BCUT2D eigenvalue weighted by molar-refractivity contribution is -0.121. The lowest BCUT2D eigenvalue weighted by Crippen LogP contribution is -2.48. The smallest absolute Gasteiger partial charge is 0.315 e. The molecule has 0 aliphatic rings. The minimum Gasteiger partial charge on any atom is -0.334 e. The summed E-state index contributed by atoms with van der Waals surface area (Å²) in [5.41, 5.74) is 1.03. The van der Waals surface area contributed by atoms with E-state index in [0.29, 0.717) is 13.0 Å². The summed E-state index contributed by atoms with van der Waals surface area (Å²) in [5.74, 6) is 0.153. The first-order valence-electron chi connectivity index (χ1n) is 6.65. The van der Waals surface area contributed by atoms with Crippen molar-refractivity contribution in [3.05, 3.63) is 35.9 Å². The predicted octanol–water partition coefficient (Wildman–Crippen LogP) is 2.49. The number of carbonyl (C=O) groups is 2.